The van der Waals surface area contributed by atoms with Crippen molar-refractivity contribution in [2.45, 2.75) is 36.6 Å². The van der Waals surface area contributed by atoms with Crippen LogP contribution in [0.5, 0.6) is 0 Å². The van der Waals surface area contributed by atoms with Crippen molar-refractivity contribution in [2.24, 2.45) is 5.92 Å². The zero-order chi connectivity index (χ0) is 27.8. The summed E-state index contributed by atoms with van der Waals surface area (Å²) in [4.78, 5) is 32.4. The van der Waals surface area contributed by atoms with Gasteiger partial charge in [-0.05, 0) is 61.1 Å². The number of anilines is 1. The van der Waals surface area contributed by atoms with Crippen LogP contribution in [0.3, 0.4) is 0 Å². The molecule has 1 aliphatic heterocycles. The van der Waals surface area contributed by atoms with Gasteiger partial charge < -0.3 is 15.5 Å². The maximum absolute atomic E-state index is 13.1. The number of nitrogens with zero attached hydrogens (tertiary/aromatic N) is 2. The third kappa shape index (κ3) is 8.28. The normalized spacial score (nSPS) is 17.4. The standard InChI is InChI=1S/C29H33ClN4O4S/c1-39(37,38)25-12-13-27(32-19-25)34-16-14-22(18-28(35)31-15-6-9-21-7-3-2-4-8-21)26(20-34)33-29(36)23-10-5-11-24(30)17-23/h2-5,7-8,10-13,17,19,22,26H,6,9,14-16,18,20H2,1H3,(H,31,35)(H,33,36)/t22?,26-/m1/s1. The van der Waals surface area contributed by atoms with Crippen LogP contribution >= 0.6 is 11.6 Å². The maximum Gasteiger partial charge on any atom is 0.251 e. The van der Waals surface area contributed by atoms with Crippen molar-refractivity contribution in [1.29, 1.82) is 0 Å². The van der Waals surface area contributed by atoms with E-state index in [2.05, 4.69) is 27.8 Å². The van der Waals surface area contributed by atoms with E-state index in [1.807, 2.05) is 23.1 Å². The van der Waals surface area contributed by atoms with Crippen molar-refractivity contribution >= 4 is 39.1 Å². The zero-order valence-electron chi connectivity index (χ0n) is 21.8. The van der Waals surface area contributed by atoms with Crippen LogP contribution in [0.2, 0.25) is 5.02 Å². The predicted molar refractivity (Wildman–Crippen MR) is 153 cm³/mol. The SMILES string of the molecule is CS(=O)(=O)c1ccc(N2CCC(CC(=O)NCCCc3ccccc3)[C@H](NC(=O)c3cccc(Cl)c3)C2)nc1. The Kier molecular flexibility index (Phi) is 9.59. The molecular formula is C29H33ClN4O4S. The zero-order valence-corrected chi connectivity index (χ0v) is 23.4. The van der Waals surface area contributed by atoms with Crippen molar-refractivity contribution in [3.63, 3.8) is 0 Å². The van der Waals surface area contributed by atoms with E-state index in [-0.39, 0.29) is 28.7 Å². The average molecular weight is 569 g/mol. The van der Waals surface area contributed by atoms with Crippen LogP contribution in [0.25, 0.3) is 0 Å². The highest BCUT2D eigenvalue weighted by molar-refractivity contribution is 7.90. The summed E-state index contributed by atoms with van der Waals surface area (Å²) in [5, 5.41) is 6.59. The van der Waals surface area contributed by atoms with Gasteiger partial charge in [0.1, 0.15) is 5.82 Å². The number of piperidine rings is 1. The molecule has 206 valence electrons. The molecule has 8 nitrogen and oxygen atoms in total. The van der Waals surface area contributed by atoms with E-state index < -0.39 is 9.84 Å². The van der Waals surface area contributed by atoms with Crippen molar-refractivity contribution in [1.82, 2.24) is 15.6 Å². The number of nitrogens with one attached hydrogen (secondary N) is 2. The molecule has 2 N–H and O–H groups in total. The molecule has 2 atom stereocenters. The Morgan fingerprint density at radius 3 is 2.56 bits per heavy atom. The van der Waals surface area contributed by atoms with Gasteiger partial charge in [0.15, 0.2) is 9.84 Å². The van der Waals surface area contributed by atoms with Gasteiger partial charge in [-0.15, -0.1) is 0 Å². The largest absolute Gasteiger partial charge is 0.356 e. The van der Waals surface area contributed by atoms with Gasteiger partial charge in [0, 0.05) is 49.1 Å². The van der Waals surface area contributed by atoms with Crippen LogP contribution in [-0.4, -0.2) is 57.1 Å². The molecule has 0 radical (unpaired) electrons. The molecule has 10 heteroatoms. The number of hydrogen-bond acceptors (Lipinski definition) is 6. The highest BCUT2D eigenvalue weighted by atomic mass is 35.5. The lowest BCUT2D eigenvalue weighted by Gasteiger charge is -2.39. The quantitative estimate of drug-likeness (QED) is 0.359. The number of aryl methyl sites for hydroxylation is 1. The van der Waals surface area contributed by atoms with Crippen LogP contribution in [0.1, 0.15) is 35.2 Å². The number of hydrogen-bond donors (Lipinski definition) is 2. The Morgan fingerprint density at radius 1 is 1.08 bits per heavy atom. The molecule has 0 spiro atoms. The molecule has 1 saturated heterocycles. The molecule has 1 aromatic heterocycles. The van der Waals surface area contributed by atoms with Crippen molar-refractivity contribution < 1.29 is 18.0 Å². The lowest BCUT2D eigenvalue weighted by molar-refractivity contribution is -0.122. The minimum Gasteiger partial charge on any atom is -0.356 e. The summed E-state index contributed by atoms with van der Waals surface area (Å²) in [7, 11) is -3.35. The van der Waals surface area contributed by atoms with E-state index in [1.165, 1.54) is 17.8 Å². The number of pyridine rings is 1. The Hall–Kier alpha value is -3.43. The monoisotopic (exact) mass is 568 g/mol. The first kappa shape index (κ1) is 28.6. The summed E-state index contributed by atoms with van der Waals surface area (Å²) in [6, 6.07) is 19.8. The first-order valence-electron chi connectivity index (χ1n) is 13.0. The fourth-order valence-corrected chi connectivity index (χ4v) is 5.50. The molecule has 2 aromatic carbocycles. The van der Waals surface area contributed by atoms with Crippen molar-refractivity contribution in [2.75, 3.05) is 30.8 Å². The average Bonchev–Trinajstić information content (AvgIpc) is 2.92. The number of amides is 2. The minimum atomic E-state index is -3.35. The molecule has 4 rings (SSSR count). The number of aromatic nitrogens is 1. The number of carbonyl (C=O) groups is 2. The van der Waals surface area contributed by atoms with Gasteiger partial charge in [-0.25, -0.2) is 13.4 Å². The predicted octanol–water partition coefficient (Wildman–Crippen LogP) is 3.90. The second-order valence-corrected chi connectivity index (χ2v) is 12.3. The van der Waals surface area contributed by atoms with Crippen LogP contribution in [0.4, 0.5) is 5.82 Å². The molecule has 0 bridgehead atoms. The summed E-state index contributed by atoms with van der Waals surface area (Å²) < 4.78 is 23.6. The summed E-state index contributed by atoms with van der Waals surface area (Å²) in [5.74, 6) is 0.235. The van der Waals surface area contributed by atoms with Gasteiger partial charge in [0.2, 0.25) is 5.91 Å². The lowest BCUT2D eigenvalue weighted by atomic mass is 9.88. The van der Waals surface area contributed by atoms with Crippen molar-refractivity contribution in [3.8, 4) is 0 Å². The molecule has 0 saturated carbocycles. The number of sulfone groups is 1. The van der Waals surface area contributed by atoms with Gasteiger partial charge in [0.05, 0.1) is 10.9 Å². The number of rotatable bonds is 10. The smallest absolute Gasteiger partial charge is 0.251 e. The molecule has 1 fully saturated rings. The van der Waals surface area contributed by atoms with E-state index in [1.54, 1.807) is 30.3 Å². The molecule has 39 heavy (non-hydrogen) atoms. The summed E-state index contributed by atoms with van der Waals surface area (Å²) in [5.41, 5.74) is 1.68. The molecule has 1 unspecified atom stereocenters. The van der Waals surface area contributed by atoms with E-state index in [4.69, 9.17) is 11.6 Å². The number of halogens is 1. The highest BCUT2D eigenvalue weighted by Crippen LogP contribution is 2.26. The number of benzene rings is 2. The summed E-state index contributed by atoms with van der Waals surface area (Å²) in [6.07, 6.45) is 5.18. The van der Waals surface area contributed by atoms with E-state index in [9.17, 15) is 18.0 Å². The van der Waals surface area contributed by atoms with E-state index in [0.29, 0.717) is 48.9 Å². The molecule has 0 aliphatic carbocycles. The van der Waals surface area contributed by atoms with E-state index >= 15 is 0 Å². The first-order valence-corrected chi connectivity index (χ1v) is 15.2. The molecular weight excluding hydrogens is 536 g/mol. The first-order chi connectivity index (χ1) is 18.7. The van der Waals surface area contributed by atoms with Crippen LogP contribution in [-0.2, 0) is 21.1 Å². The van der Waals surface area contributed by atoms with Gasteiger partial charge >= 0.3 is 0 Å². The molecule has 2 heterocycles. The Balaban J connectivity index is 1.40. The molecule has 1 aliphatic rings. The second-order valence-electron chi connectivity index (χ2n) is 9.85. The Labute approximate surface area is 234 Å². The van der Waals surface area contributed by atoms with Gasteiger partial charge in [-0.3, -0.25) is 9.59 Å². The Bertz CT molecular complexity index is 1380. The second kappa shape index (κ2) is 13.1. The fourth-order valence-electron chi connectivity index (χ4n) is 4.75. The highest BCUT2D eigenvalue weighted by Gasteiger charge is 2.33. The van der Waals surface area contributed by atoms with Gasteiger partial charge in [-0.2, -0.15) is 0 Å². The topological polar surface area (TPSA) is 108 Å². The van der Waals surface area contributed by atoms with Gasteiger partial charge in [0.25, 0.3) is 5.91 Å². The Morgan fingerprint density at radius 2 is 1.87 bits per heavy atom. The van der Waals surface area contributed by atoms with Gasteiger partial charge in [-0.1, -0.05) is 48.0 Å². The maximum atomic E-state index is 13.1. The van der Waals surface area contributed by atoms with Crippen LogP contribution < -0.4 is 15.5 Å². The van der Waals surface area contributed by atoms with Crippen molar-refractivity contribution in [3.05, 3.63) is 89.1 Å². The third-order valence-electron chi connectivity index (χ3n) is 6.89. The van der Waals surface area contributed by atoms with Crippen LogP contribution in [0.15, 0.2) is 77.8 Å². The summed E-state index contributed by atoms with van der Waals surface area (Å²) in [6.45, 7) is 1.65. The lowest BCUT2D eigenvalue weighted by Crippen LogP contribution is -2.53. The molecule has 2 amide bonds. The number of carbonyl (C=O) groups excluding carboxylic acids is 2. The van der Waals surface area contributed by atoms with Crippen LogP contribution in [0, 0.1) is 5.92 Å². The van der Waals surface area contributed by atoms with E-state index in [0.717, 1.165) is 19.1 Å². The third-order valence-corrected chi connectivity index (χ3v) is 8.22. The fraction of sp³-hybridized carbons (Fsp3) is 0.345. The minimum absolute atomic E-state index is 0.0425. The molecule has 3 aromatic rings. The summed E-state index contributed by atoms with van der Waals surface area (Å²) >= 11 is 6.08.